The fourth-order valence-electron chi connectivity index (χ4n) is 0.672. The molecule has 1 atom stereocenters. The van der Waals surface area contributed by atoms with Crippen molar-refractivity contribution in [2.45, 2.75) is 12.5 Å². The summed E-state index contributed by atoms with van der Waals surface area (Å²) in [6, 6.07) is 0.292. The lowest BCUT2D eigenvalue weighted by atomic mass is 10.3. The number of rotatable bonds is 1. The Labute approximate surface area is 42.7 Å². The molecular weight excluding hydrogens is 92.1 g/mol. The second-order valence-electron chi connectivity index (χ2n) is 1.74. The molecule has 1 saturated heterocycles. The summed E-state index contributed by atoms with van der Waals surface area (Å²) < 4.78 is 0. The molecular formula is C4H10N2O. The second kappa shape index (κ2) is 2.26. The topological polar surface area (TPSA) is 44.3 Å². The third-order valence-corrected chi connectivity index (χ3v) is 1.14. The zero-order valence-electron chi connectivity index (χ0n) is 4.15. The Morgan fingerprint density at radius 1 is 1.71 bits per heavy atom. The van der Waals surface area contributed by atoms with Gasteiger partial charge in [-0.2, -0.15) is 0 Å². The van der Waals surface area contributed by atoms with Gasteiger partial charge in [0.1, 0.15) is 0 Å². The first-order valence-electron chi connectivity index (χ1n) is 2.52. The number of aliphatic hydroxyl groups excluding tert-OH is 1. The van der Waals surface area contributed by atoms with Crippen LogP contribution in [0.3, 0.4) is 0 Å². The van der Waals surface area contributed by atoms with Crippen LogP contribution in [-0.2, 0) is 0 Å². The Hall–Kier alpha value is -0.120. The summed E-state index contributed by atoms with van der Waals surface area (Å²) in [6.45, 7) is 1.22. The van der Waals surface area contributed by atoms with Gasteiger partial charge in [-0.15, -0.1) is 0 Å². The molecule has 1 heterocycles. The molecule has 0 bridgehead atoms. The number of nitrogens with one attached hydrogen (secondary N) is 2. The molecule has 0 aliphatic carbocycles. The van der Waals surface area contributed by atoms with E-state index in [1.54, 1.807) is 0 Å². The zero-order chi connectivity index (χ0) is 5.11. The number of aliphatic hydroxyl groups is 1. The Balaban J connectivity index is 2.14. The molecule has 1 fully saturated rings. The predicted octanol–water partition coefficient (Wildman–Crippen LogP) is -1.15. The molecule has 0 spiro atoms. The molecule has 3 heteroatoms. The van der Waals surface area contributed by atoms with E-state index in [9.17, 15) is 0 Å². The van der Waals surface area contributed by atoms with E-state index in [1.807, 2.05) is 0 Å². The molecule has 0 radical (unpaired) electrons. The molecule has 1 rings (SSSR count). The highest BCUT2D eigenvalue weighted by atomic mass is 16.3. The van der Waals surface area contributed by atoms with E-state index in [-0.39, 0.29) is 6.61 Å². The van der Waals surface area contributed by atoms with Crippen molar-refractivity contribution < 1.29 is 5.11 Å². The largest absolute Gasteiger partial charge is 0.395 e. The Morgan fingerprint density at radius 2 is 2.57 bits per heavy atom. The molecule has 0 aromatic carbocycles. The van der Waals surface area contributed by atoms with Crippen LogP contribution in [0.4, 0.5) is 0 Å². The normalized spacial score (nSPS) is 31.3. The molecule has 42 valence electrons. The molecule has 0 aromatic heterocycles. The van der Waals surface area contributed by atoms with E-state index in [0.29, 0.717) is 6.04 Å². The van der Waals surface area contributed by atoms with Gasteiger partial charge in [0.25, 0.3) is 0 Å². The maximum atomic E-state index is 8.46. The van der Waals surface area contributed by atoms with Crippen LogP contribution in [0.1, 0.15) is 6.42 Å². The van der Waals surface area contributed by atoms with E-state index in [2.05, 4.69) is 10.9 Å². The molecule has 0 amide bonds. The number of hydrogen-bond acceptors (Lipinski definition) is 3. The van der Waals surface area contributed by atoms with Gasteiger partial charge in [-0.3, -0.25) is 10.9 Å². The van der Waals surface area contributed by atoms with Gasteiger partial charge in [-0.1, -0.05) is 0 Å². The van der Waals surface area contributed by atoms with Gasteiger partial charge in [-0.05, 0) is 6.42 Å². The first-order valence-corrected chi connectivity index (χ1v) is 2.52. The third-order valence-electron chi connectivity index (χ3n) is 1.14. The van der Waals surface area contributed by atoms with E-state index < -0.39 is 0 Å². The van der Waals surface area contributed by atoms with Gasteiger partial charge >= 0.3 is 0 Å². The summed E-state index contributed by atoms with van der Waals surface area (Å²) >= 11 is 0. The lowest BCUT2D eigenvalue weighted by molar-refractivity contribution is 0.251. The van der Waals surface area contributed by atoms with Crippen molar-refractivity contribution in [1.29, 1.82) is 0 Å². The average Bonchev–Trinajstić information content (AvgIpc) is 2.14. The van der Waals surface area contributed by atoms with Gasteiger partial charge in [0.15, 0.2) is 0 Å². The highest BCUT2D eigenvalue weighted by Gasteiger charge is 2.10. The first kappa shape index (κ1) is 5.03. The lowest BCUT2D eigenvalue weighted by Gasteiger charge is -2.00. The van der Waals surface area contributed by atoms with E-state index in [4.69, 9.17) is 5.11 Å². The highest BCUT2D eigenvalue weighted by molar-refractivity contribution is 4.69. The fourth-order valence-corrected chi connectivity index (χ4v) is 0.672. The number of hydrogen-bond donors (Lipinski definition) is 3. The Kier molecular flexibility index (Phi) is 1.62. The van der Waals surface area contributed by atoms with Crippen LogP contribution < -0.4 is 10.9 Å². The summed E-state index contributed by atoms with van der Waals surface area (Å²) in [5.74, 6) is 0. The minimum absolute atomic E-state index is 0.243. The van der Waals surface area contributed by atoms with Gasteiger partial charge in [0, 0.05) is 12.6 Å². The summed E-state index contributed by atoms with van der Waals surface area (Å²) in [5.41, 5.74) is 5.82. The smallest absolute Gasteiger partial charge is 0.0598 e. The molecule has 3 nitrogen and oxygen atoms in total. The standard InChI is InChI=1S/C4H10N2O/c7-3-4-1-2-5-6-4/h4-7H,1-3H2. The minimum atomic E-state index is 0.243. The average molecular weight is 102 g/mol. The minimum Gasteiger partial charge on any atom is -0.395 e. The van der Waals surface area contributed by atoms with Crippen LogP contribution in [0.25, 0.3) is 0 Å². The van der Waals surface area contributed by atoms with Crippen molar-refractivity contribution >= 4 is 0 Å². The van der Waals surface area contributed by atoms with Gasteiger partial charge < -0.3 is 5.11 Å². The van der Waals surface area contributed by atoms with Crippen molar-refractivity contribution in [3.05, 3.63) is 0 Å². The van der Waals surface area contributed by atoms with Crippen LogP contribution in [0, 0.1) is 0 Å². The van der Waals surface area contributed by atoms with E-state index >= 15 is 0 Å². The maximum absolute atomic E-state index is 8.46. The van der Waals surface area contributed by atoms with Crippen molar-refractivity contribution in [3.8, 4) is 0 Å². The monoisotopic (exact) mass is 102 g/mol. The van der Waals surface area contributed by atoms with Gasteiger partial charge in [0.05, 0.1) is 6.61 Å². The summed E-state index contributed by atoms with van der Waals surface area (Å²) in [5, 5.41) is 8.46. The first-order chi connectivity index (χ1) is 3.43. The van der Waals surface area contributed by atoms with Crippen molar-refractivity contribution in [3.63, 3.8) is 0 Å². The molecule has 1 aliphatic rings. The van der Waals surface area contributed by atoms with Gasteiger partial charge in [-0.25, -0.2) is 0 Å². The van der Waals surface area contributed by atoms with Crippen LogP contribution in [0.2, 0.25) is 0 Å². The zero-order valence-corrected chi connectivity index (χ0v) is 4.15. The lowest BCUT2D eigenvalue weighted by Crippen LogP contribution is -2.32. The van der Waals surface area contributed by atoms with E-state index in [1.165, 1.54) is 0 Å². The van der Waals surface area contributed by atoms with Crippen LogP contribution >= 0.6 is 0 Å². The summed E-state index contributed by atoms with van der Waals surface area (Å²) in [4.78, 5) is 0. The predicted molar refractivity (Wildman–Crippen MR) is 26.6 cm³/mol. The number of hydrazine groups is 1. The quantitative estimate of drug-likeness (QED) is 0.391. The summed E-state index contributed by atoms with van der Waals surface area (Å²) in [6.07, 6.45) is 1.04. The maximum Gasteiger partial charge on any atom is 0.0598 e. The van der Waals surface area contributed by atoms with E-state index in [0.717, 1.165) is 13.0 Å². The molecule has 0 saturated carbocycles. The summed E-state index contributed by atoms with van der Waals surface area (Å²) in [7, 11) is 0. The SMILES string of the molecule is OCC1CCNN1. The van der Waals surface area contributed by atoms with Crippen LogP contribution in [-0.4, -0.2) is 24.3 Å². The second-order valence-corrected chi connectivity index (χ2v) is 1.74. The molecule has 0 aromatic rings. The molecule has 7 heavy (non-hydrogen) atoms. The van der Waals surface area contributed by atoms with Crippen LogP contribution in [0.5, 0.6) is 0 Å². The third kappa shape index (κ3) is 1.12. The highest BCUT2D eigenvalue weighted by Crippen LogP contribution is 1.91. The van der Waals surface area contributed by atoms with Crippen LogP contribution in [0.15, 0.2) is 0 Å². The molecule has 1 unspecified atom stereocenters. The fraction of sp³-hybridized carbons (Fsp3) is 1.00. The molecule has 1 aliphatic heterocycles. The Morgan fingerprint density at radius 3 is 2.86 bits per heavy atom. The molecule has 3 N–H and O–H groups in total. The van der Waals surface area contributed by atoms with Crippen molar-refractivity contribution in [1.82, 2.24) is 10.9 Å². The Bertz CT molecular complexity index is 51.7. The van der Waals surface area contributed by atoms with Gasteiger partial charge in [0.2, 0.25) is 0 Å². The van der Waals surface area contributed by atoms with Crippen molar-refractivity contribution in [2.75, 3.05) is 13.2 Å². The van der Waals surface area contributed by atoms with Crippen molar-refractivity contribution in [2.24, 2.45) is 0 Å².